The van der Waals surface area contributed by atoms with Crippen LogP contribution in [0.4, 0.5) is 18.9 Å². The van der Waals surface area contributed by atoms with E-state index in [4.69, 9.17) is 0 Å². The van der Waals surface area contributed by atoms with Crippen LogP contribution in [0.3, 0.4) is 0 Å². The lowest BCUT2D eigenvalue weighted by atomic mass is 9.72. The molecule has 0 radical (unpaired) electrons. The molecule has 3 saturated carbocycles. The summed E-state index contributed by atoms with van der Waals surface area (Å²) in [5.74, 6) is -6.24. The molecule has 2 aliphatic heterocycles. The fourth-order valence-corrected chi connectivity index (χ4v) is 6.11. The van der Waals surface area contributed by atoms with Crippen LogP contribution in [0.5, 0.6) is 0 Å². The molecule has 3 aliphatic carbocycles. The number of likely N-dealkylation sites (N-methyl/N-ethyl adjacent to an activating group) is 1. The molecule has 2 bridgehead atoms. The number of halogens is 3. The third-order valence-corrected chi connectivity index (χ3v) is 7.77. The van der Waals surface area contributed by atoms with Gasteiger partial charge in [0.15, 0.2) is 0 Å². The third-order valence-electron chi connectivity index (χ3n) is 7.77. The van der Waals surface area contributed by atoms with Crippen LogP contribution in [0.25, 0.3) is 0 Å². The van der Waals surface area contributed by atoms with Gasteiger partial charge in [-0.3, -0.25) is 19.2 Å². The van der Waals surface area contributed by atoms with Crippen molar-refractivity contribution in [1.29, 1.82) is 0 Å². The Balaban J connectivity index is 1.31. The lowest BCUT2D eigenvalue weighted by Gasteiger charge is -2.45. The average molecular weight is 486 g/mol. The molecule has 0 spiro atoms. The molecular formula is C24H21F3N4O4. The maximum Gasteiger partial charge on any atom is 0.293 e. The van der Waals surface area contributed by atoms with E-state index in [-0.39, 0.29) is 23.2 Å². The molecular weight excluding hydrogens is 465 g/mol. The first kappa shape index (κ1) is 21.9. The van der Waals surface area contributed by atoms with Crippen molar-refractivity contribution in [1.82, 2.24) is 15.2 Å². The van der Waals surface area contributed by atoms with Crippen LogP contribution < -0.4 is 16.0 Å². The number of benzene rings is 1. The number of rotatable bonds is 6. The summed E-state index contributed by atoms with van der Waals surface area (Å²) in [5.41, 5.74) is -0.246. The van der Waals surface area contributed by atoms with Crippen molar-refractivity contribution < 1.29 is 32.3 Å². The number of carbonyl (C=O) groups excluding carboxylic acids is 4. The summed E-state index contributed by atoms with van der Waals surface area (Å²) in [5, 5.41) is 7.21. The Morgan fingerprint density at radius 2 is 1.69 bits per heavy atom. The van der Waals surface area contributed by atoms with Crippen LogP contribution in [0.15, 0.2) is 24.3 Å². The van der Waals surface area contributed by atoms with Crippen LogP contribution >= 0.6 is 0 Å². The second-order valence-corrected chi connectivity index (χ2v) is 9.89. The van der Waals surface area contributed by atoms with Gasteiger partial charge in [-0.2, -0.15) is 0 Å². The molecule has 1 aromatic carbocycles. The van der Waals surface area contributed by atoms with Crippen molar-refractivity contribution in [3.8, 4) is 0 Å². The Labute approximate surface area is 197 Å². The van der Waals surface area contributed by atoms with E-state index in [1.165, 1.54) is 31.3 Å². The van der Waals surface area contributed by atoms with Crippen LogP contribution in [-0.4, -0.2) is 46.6 Å². The van der Waals surface area contributed by atoms with Crippen LogP contribution in [-0.2, 0) is 9.59 Å². The van der Waals surface area contributed by atoms with Crippen LogP contribution in [0.2, 0.25) is 0 Å². The molecule has 5 aliphatic rings. The zero-order valence-corrected chi connectivity index (χ0v) is 18.7. The summed E-state index contributed by atoms with van der Waals surface area (Å²) in [6.07, 6.45) is -1.79. The van der Waals surface area contributed by atoms with E-state index < -0.39 is 53.6 Å². The normalized spacial score (nSPS) is 27.1. The van der Waals surface area contributed by atoms with Gasteiger partial charge in [0.25, 0.3) is 23.5 Å². The van der Waals surface area contributed by atoms with Gasteiger partial charge in [0, 0.05) is 43.2 Å². The van der Waals surface area contributed by atoms with E-state index in [0.29, 0.717) is 28.8 Å². The molecule has 0 saturated heterocycles. The average Bonchev–Trinajstić information content (AvgIpc) is 3.58. The topological polar surface area (TPSA) is 109 Å². The first-order valence-corrected chi connectivity index (χ1v) is 11.3. The number of anilines is 1. The minimum absolute atomic E-state index is 0.0822. The van der Waals surface area contributed by atoms with Crippen molar-refractivity contribution in [2.24, 2.45) is 11.8 Å². The second-order valence-electron chi connectivity index (χ2n) is 9.89. The maximum absolute atomic E-state index is 13.6. The third kappa shape index (κ3) is 2.93. The van der Waals surface area contributed by atoms with Gasteiger partial charge in [-0.15, -0.1) is 0 Å². The second kappa shape index (κ2) is 6.73. The Bertz CT molecular complexity index is 1330. The predicted molar refractivity (Wildman–Crippen MR) is 116 cm³/mol. The lowest BCUT2D eigenvalue weighted by molar-refractivity contribution is -0.164. The molecule has 1 aromatic heterocycles. The number of carbonyl (C=O) groups is 4. The van der Waals surface area contributed by atoms with Gasteiger partial charge in [-0.05, 0) is 48.6 Å². The summed E-state index contributed by atoms with van der Waals surface area (Å²) in [4.78, 5) is 51.7. The summed E-state index contributed by atoms with van der Waals surface area (Å²) in [6.45, 7) is 1.56. The predicted octanol–water partition coefficient (Wildman–Crippen LogP) is 2.30. The first-order valence-electron chi connectivity index (χ1n) is 11.3. The molecule has 3 unspecified atom stereocenters. The Hall–Kier alpha value is -3.63. The highest BCUT2D eigenvalue weighted by molar-refractivity contribution is 6.44. The molecule has 3 fully saturated rings. The monoisotopic (exact) mass is 486 g/mol. The number of nitrogens with zero attached hydrogens (tertiary/aromatic N) is 1. The van der Waals surface area contributed by atoms with Crippen LogP contribution in [0, 0.1) is 24.6 Å². The van der Waals surface area contributed by atoms with Crippen molar-refractivity contribution in [2.45, 2.75) is 43.2 Å². The fraction of sp³-hybridized carbons (Fsp3) is 0.417. The van der Waals surface area contributed by atoms with Gasteiger partial charge >= 0.3 is 0 Å². The Morgan fingerprint density at radius 3 is 2.26 bits per heavy atom. The standard InChI is InChI=1S/C24H21F3N4O4/c1-9-12(19(32)21(34)30-23(22(35)28-2)7-24(26,27)8-23)17-13-14-15(13)18(14)31(17)16(9)20(33)29-11-5-3-10(25)4-6-11/h3-6,13-15,18H,7-8H2,1-2H3,(H,28,35)(H,29,33)(H,30,34)/t13?,14-,15?,18?/m0/s1. The van der Waals surface area contributed by atoms with E-state index in [0.717, 1.165) is 0 Å². The molecule has 3 N–H and O–H groups in total. The zero-order chi connectivity index (χ0) is 25.0. The van der Waals surface area contributed by atoms with E-state index in [1.54, 1.807) is 11.5 Å². The molecule has 35 heavy (non-hydrogen) atoms. The number of hydrogen-bond acceptors (Lipinski definition) is 4. The van der Waals surface area contributed by atoms with E-state index in [9.17, 15) is 32.3 Å². The summed E-state index contributed by atoms with van der Waals surface area (Å²) in [7, 11) is 1.27. The lowest BCUT2D eigenvalue weighted by Crippen LogP contribution is -2.69. The Morgan fingerprint density at radius 1 is 1.06 bits per heavy atom. The molecule has 4 atom stereocenters. The summed E-state index contributed by atoms with van der Waals surface area (Å²) < 4.78 is 42.3. The molecule has 11 heteroatoms. The number of Topliss-reactive ketones (excluding diaryl/α,β-unsaturated/α-hetero) is 1. The van der Waals surface area contributed by atoms with Crippen molar-refractivity contribution in [3.05, 3.63) is 52.6 Å². The smallest absolute Gasteiger partial charge is 0.293 e. The fourth-order valence-electron chi connectivity index (χ4n) is 6.11. The highest BCUT2D eigenvalue weighted by Crippen LogP contribution is 2.86. The largest absolute Gasteiger partial charge is 0.357 e. The minimum Gasteiger partial charge on any atom is -0.357 e. The number of nitrogens with one attached hydrogen (secondary N) is 3. The van der Waals surface area contributed by atoms with E-state index >= 15 is 0 Å². The van der Waals surface area contributed by atoms with Gasteiger partial charge in [-0.25, -0.2) is 13.2 Å². The van der Waals surface area contributed by atoms with Gasteiger partial charge < -0.3 is 20.5 Å². The number of alkyl halides is 2. The van der Waals surface area contributed by atoms with Crippen LogP contribution in [0.1, 0.15) is 56.9 Å². The van der Waals surface area contributed by atoms with Crippen molar-refractivity contribution in [3.63, 3.8) is 0 Å². The highest BCUT2D eigenvalue weighted by atomic mass is 19.3. The molecule has 8 nitrogen and oxygen atoms in total. The highest BCUT2D eigenvalue weighted by Gasteiger charge is 2.81. The Kier molecular flexibility index (Phi) is 4.21. The van der Waals surface area contributed by atoms with E-state index in [2.05, 4.69) is 16.0 Å². The maximum atomic E-state index is 13.6. The quantitative estimate of drug-likeness (QED) is 0.430. The van der Waals surface area contributed by atoms with Crippen molar-refractivity contribution >= 4 is 29.2 Å². The zero-order valence-electron chi connectivity index (χ0n) is 18.7. The molecule has 2 aromatic rings. The van der Waals surface area contributed by atoms with Gasteiger partial charge in [-0.1, -0.05) is 0 Å². The number of ketones is 1. The summed E-state index contributed by atoms with van der Waals surface area (Å²) >= 11 is 0. The molecule has 3 amide bonds. The van der Waals surface area contributed by atoms with Gasteiger partial charge in [0.05, 0.1) is 5.56 Å². The molecule has 3 heterocycles. The van der Waals surface area contributed by atoms with Gasteiger partial charge in [0.1, 0.15) is 17.1 Å². The molecule has 182 valence electrons. The summed E-state index contributed by atoms with van der Waals surface area (Å²) in [6, 6.07) is 5.33. The number of hydrogen-bond donors (Lipinski definition) is 3. The molecule has 7 rings (SSSR count). The van der Waals surface area contributed by atoms with Crippen molar-refractivity contribution in [2.75, 3.05) is 12.4 Å². The first-order chi connectivity index (χ1) is 16.5. The minimum atomic E-state index is -3.12. The van der Waals surface area contributed by atoms with E-state index in [1.807, 2.05) is 0 Å². The number of aromatic nitrogens is 1. The van der Waals surface area contributed by atoms with Gasteiger partial charge in [0.2, 0.25) is 5.91 Å². The number of amides is 3. The SMILES string of the molecule is CNC(=O)C1(NC(=O)C(=O)c2c(C)c(C(=O)Nc3ccc(F)cc3)n3c2C2C4C3[C@@H]24)CC(F)(F)C1.